The molecule has 1 heteroatoms. The molecule has 0 N–H and O–H groups in total. The molecule has 0 unspecified atom stereocenters. The van der Waals surface area contributed by atoms with E-state index in [2.05, 4.69) is 52.0 Å². The van der Waals surface area contributed by atoms with Gasteiger partial charge in [0, 0.05) is 0 Å². The number of allylic oxidation sites excluding steroid dienone is 10. The fourth-order valence-corrected chi connectivity index (χ4v) is 2.90. The monoisotopic (exact) mass is 298 g/mol. The van der Waals surface area contributed by atoms with Crippen LogP contribution in [0.5, 0.6) is 0 Å². The number of carbonyl (C=O) groups is 1. The zero-order chi connectivity index (χ0) is 16.8. The molecule has 1 nitrogen and oxygen atoms in total. The predicted molar refractivity (Wildman–Crippen MR) is 96.8 cm³/mol. The molecule has 22 heavy (non-hydrogen) atoms. The molecule has 0 radical (unpaired) electrons. The van der Waals surface area contributed by atoms with Gasteiger partial charge in [0.2, 0.25) is 0 Å². The molecule has 0 heterocycles. The van der Waals surface area contributed by atoms with E-state index in [9.17, 15) is 4.79 Å². The van der Waals surface area contributed by atoms with Gasteiger partial charge in [0.25, 0.3) is 0 Å². The molecule has 0 saturated carbocycles. The second-order valence-corrected chi connectivity index (χ2v) is 7.01. The van der Waals surface area contributed by atoms with Crippen LogP contribution in [-0.4, -0.2) is 6.29 Å². The van der Waals surface area contributed by atoms with Gasteiger partial charge in [0.1, 0.15) is 6.29 Å². The summed E-state index contributed by atoms with van der Waals surface area (Å²) in [5.41, 5.74) is 6.65. The number of carbonyl (C=O) groups excluding carboxylic acids is 1. The Morgan fingerprint density at radius 2 is 1.68 bits per heavy atom. The zero-order valence-electron chi connectivity index (χ0n) is 15.0. The quantitative estimate of drug-likeness (QED) is 0.340. The molecule has 0 aromatic heterocycles. The standard InChI is InChI=1S/C21H30O/c1-16(9-11-17(2)18(3)13-15-22)10-12-20-19(4)8-7-14-21(20,5)6/h9-13,15H,7-8,14H2,1-6H3/b12-10?,16-9?,17-11-,18-13?. The van der Waals surface area contributed by atoms with Crippen LogP contribution in [0.3, 0.4) is 0 Å². The second-order valence-electron chi connectivity index (χ2n) is 7.01. The molecule has 0 bridgehead atoms. The third-order valence-electron chi connectivity index (χ3n) is 4.59. The highest BCUT2D eigenvalue weighted by molar-refractivity contribution is 5.67. The SMILES string of the molecule is CC(C=CC1=C(C)CCCC1(C)C)=C/C=C(/C)C(C)=CC=O. The lowest BCUT2D eigenvalue weighted by atomic mass is 9.72. The van der Waals surface area contributed by atoms with Gasteiger partial charge < -0.3 is 0 Å². The van der Waals surface area contributed by atoms with Crippen LogP contribution in [0.25, 0.3) is 0 Å². The van der Waals surface area contributed by atoms with Crippen molar-refractivity contribution in [3.8, 4) is 0 Å². The van der Waals surface area contributed by atoms with Crippen molar-refractivity contribution >= 4 is 6.29 Å². The maximum Gasteiger partial charge on any atom is 0.143 e. The molecule has 0 fully saturated rings. The Balaban J connectivity index is 2.90. The van der Waals surface area contributed by atoms with E-state index in [4.69, 9.17) is 0 Å². The maximum absolute atomic E-state index is 10.5. The molecule has 1 aliphatic carbocycles. The smallest absolute Gasteiger partial charge is 0.143 e. The third-order valence-corrected chi connectivity index (χ3v) is 4.59. The van der Waals surface area contributed by atoms with Crippen LogP contribution in [0.1, 0.15) is 60.8 Å². The van der Waals surface area contributed by atoms with E-state index in [0.717, 1.165) is 17.4 Å². The van der Waals surface area contributed by atoms with Crippen molar-refractivity contribution in [3.05, 3.63) is 58.2 Å². The molecule has 0 amide bonds. The van der Waals surface area contributed by atoms with E-state index >= 15 is 0 Å². The van der Waals surface area contributed by atoms with Crippen molar-refractivity contribution in [1.29, 1.82) is 0 Å². The molecular formula is C21H30O. The Labute approximate surface area is 136 Å². The summed E-state index contributed by atoms with van der Waals surface area (Å²) in [7, 11) is 0. The van der Waals surface area contributed by atoms with Crippen LogP contribution in [0, 0.1) is 5.41 Å². The lowest BCUT2D eigenvalue weighted by Crippen LogP contribution is -2.19. The number of hydrogen-bond donors (Lipinski definition) is 0. The molecular weight excluding hydrogens is 268 g/mol. The normalized spacial score (nSPS) is 20.7. The predicted octanol–water partition coefficient (Wildman–Crippen LogP) is 6.11. The lowest BCUT2D eigenvalue weighted by Gasteiger charge is -2.32. The van der Waals surface area contributed by atoms with Crippen LogP contribution in [0.15, 0.2) is 58.2 Å². The van der Waals surface area contributed by atoms with E-state index in [0.29, 0.717) is 0 Å². The summed E-state index contributed by atoms with van der Waals surface area (Å²) in [5, 5.41) is 0. The van der Waals surface area contributed by atoms with Gasteiger partial charge in [-0.25, -0.2) is 0 Å². The Morgan fingerprint density at radius 3 is 2.27 bits per heavy atom. The summed E-state index contributed by atoms with van der Waals surface area (Å²) in [5.74, 6) is 0. The maximum atomic E-state index is 10.5. The zero-order valence-corrected chi connectivity index (χ0v) is 15.0. The van der Waals surface area contributed by atoms with Crippen LogP contribution in [0.2, 0.25) is 0 Å². The van der Waals surface area contributed by atoms with Crippen molar-refractivity contribution < 1.29 is 4.79 Å². The van der Waals surface area contributed by atoms with Crippen molar-refractivity contribution in [2.24, 2.45) is 5.41 Å². The van der Waals surface area contributed by atoms with E-state index < -0.39 is 0 Å². The summed E-state index contributed by atoms with van der Waals surface area (Å²) in [6.07, 6.45) is 14.9. The summed E-state index contributed by atoms with van der Waals surface area (Å²) in [4.78, 5) is 10.5. The molecule has 1 rings (SSSR count). The molecule has 120 valence electrons. The molecule has 0 atom stereocenters. The van der Waals surface area contributed by atoms with Gasteiger partial charge in [-0.15, -0.1) is 0 Å². The van der Waals surface area contributed by atoms with Gasteiger partial charge >= 0.3 is 0 Å². The minimum absolute atomic E-state index is 0.286. The minimum atomic E-state index is 0.286. The number of hydrogen-bond acceptors (Lipinski definition) is 1. The van der Waals surface area contributed by atoms with Gasteiger partial charge in [-0.1, -0.05) is 49.3 Å². The van der Waals surface area contributed by atoms with Gasteiger partial charge in [0.15, 0.2) is 0 Å². The Morgan fingerprint density at radius 1 is 1.05 bits per heavy atom. The topological polar surface area (TPSA) is 17.1 Å². The largest absolute Gasteiger partial charge is 0.299 e. The molecule has 0 aromatic rings. The van der Waals surface area contributed by atoms with Crippen molar-refractivity contribution in [2.45, 2.75) is 60.8 Å². The van der Waals surface area contributed by atoms with E-state index in [1.807, 2.05) is 13.8 Å². The lowest BCUT2D eigenvalue weighted by molar-refractivity contribution is -0.104. The molecule has 1 aliphatic rings. The fourth-order valence-electron chi connectivity index (χ4n) is 2.90. The summed E-state index contributed by atoms with van der Waals surface area (Å²) in [6, 6.07) is 0. The summed E-state index contributed by atoms with van der Waals surface area (Å²) in [6.45, 7) is 13.0. The first-order valence-corrected chi connectivity index (χ1v) is 8.14. The molecule has 0 aromatic carbocycles. The van der Waals surface area contributed by atoms with Gasteiger partial charge in [-0.05, 0) is 75.2 Å². The summed E-state index contributed by atoms with van der Waals surface area (Å²) < 4.78 is 0. The van der Waals surface area contributed by atoms with E-state index in [1.165, 1.54) is 36.0 Å². The molecule has 0 saturated heterocycles. The first-order chi connectivity index (χ1) is 10.3. The second kappa shape index (κ2) is 8.12. The van der Waals surface area contributed by atoms with Crippen molar-refractivity contribution in [3.63, 3.8) is 0 Å². The summed E-state index contributed by atoms with van der Waals surface area (Å²) >= 11 is 0. The van der Waals surface area contributed by atoms with Crippen LogP contribution in [0.4, 0.5) is 0 Å². The minimum Gasteiger partial charge on any atom is -0.299 e. The van der Waals surface area contributed by atoms with Crippen LogP contribution >= 0.6 is 0 Å². The highest BCUT2D eigenvalue weighted by atomic mass is 16.1. The average Bonchev–Trinajstić information content (AvgIpc) is 2.43. The Kier molecular flexibility index (Phi) is 6.80. The van der Waals surface area contributed by atoms with Gasteiger partial charge in [-0.2, -0.15) is 0 Å². The molecule has 0 aliphatic heterocycles. The van der Waals surface area contributed by atoms with E-state index in [-0.39, 0.29) is 5.41 Å². The van der Waals surface area contributed by atoms with Crippen LogP contribution in [-0.2, 0) is 4.79 Å². The first kappa shape index (κ1) is 18.4. The highest BCUT2D eigenvalue weighted by Gasteiger charge is 2.26. The highest BCUT2D eigenvalue weighted by Crippen LogP contribution is 2.40. The average molecular weight is 298 g/mol. The van der Waals surface area contributed by atoms with Crippen molar-refractivity contribution in [2.75, 3.05) is 0 Å². The number of rotatable bonds is 5. The first-order valence-electron chi connectivity index (χ1n) is 8.14. The van der Waals surface area contributed by atoms with Gasteiger partial charge in [-0.3, -0.25) is 4.79 Å². The third kappa shape index (κ3) is 5.29. The fraction of sp³-hybridized carbons (Fsp3) is 0.476. The Bertz CT molecular complexity index is 563. The van der Waals surface area contributed by atoms with Gasteiger partial charge in [0.05, 0.1) is 0 Å². The Hall–Kier alpha value is -1.63. The number of aldehydes is 1. The van der Waals surface area contributed by atoms with Crippen molar-refractivity contribution in [1.82, 2.24) is 0 Å². The molecule has 0 spiro atoms. The van der Waals surface area contributed by atoms with Crippen LogP contribution < -0.4 is 0 Å². The van der Waals surface area contributed by atoms with E-state index in [1.54, 1.807) is 6.08 Å².